The monoisotopic (exact) mass is 366 g/mol. The van der Waals surface area contributed by atoms with Crippen molar-refractivity contribution in [3.05, 3.63) is 53.6 Å². The van der Waals surface area contributed by atoms with Gasteiger partial charge in [-0.05, 0) is 36.8 Å². The van der Waals surface area contributed by atoms with E-state index in [0.29, 0.717) is 6.07 Å². The summed E-state index contributed by atoms with van der Waals surface area (Å²) in [6.45, 7) is 2.96. The zero-order chi connectivity index (χ0) is 19.3. The van der Waals surface area contributed by atoms with Crippen LogP contribution in [0.2, 0.25) is 0 Å². The highest BCUT2D eigenvalue weighted by Gasteiger charge is 2.20. The predicted molar refractivity (Wildman–Crippen MR) is 86.4 cm³/mol. The summed E-state index contributed by atoms with van der Waals surface area (Å²) in [4.78, 5) is 23.4. The molecule has 0 radical (unpaired) electrons. The normalized spacial score (nSPS) is 11.5. The number of carbonyl (C=O) groups is 2. The Morgan fingerprint density at radius 1 is 1.12 bits per heavy atom. The maximum Gasteiger partial charge on any atom is 0.511 e. The Balaban J connectivity index is 2.21. The lowest BCUT2D eigenvalue weighted by Crippen LogP contribution is -2.22. The highest BCUT2D eigenvalue weighted by atomic mass is 19.1. The molecule has 0 aromatic heterocycles. The van der Waals surface area contributed by atoms with Gasteiger partial charge in [-0.2, -0.15) is 0 Å². The lowest BCUT2D eigenvalue weighted by molar-refractivity contribution is -0.0812. The van der Waals surface area contributed by atoms with E-state index in [4.69, 9.17) is 4.74 Å². The SMILES string of the molecule is CCOC(=O)OC(C)OC(=O)c1cc(-c2ccc(F)cc2F)ccc1O. The molecule has 2 aromatic carbocycles. The first kappa shape index (κ1) is 19.2. The van der Waals surface area contributed by atoms with Gasteiger partial charge in [0, 0.05) is 18.6 Å². The predicted octanol–water partition coefficient (Wildman–Crippen LogP) is 4.01. The van der Waals surface area contributed by atoms with Crippen molar-refractivity contribution in [1.82, 2.24) is 0 Å². The number of carbonyl (C=O) groups excluding carboxylic acids is 2. The zero-order valence-electron chi connectivity index (χ0n) is 14.0. The fourth-order valence-electron chi connectivity index (χ4n) is 2.12. The molecule has 1 unspecified atom stereocenters. The van der Waals surface area contributed by atoms with Crippen LogP contribution in [0.4, 0.5) is 13.6 Å². The molecule has 0 aliphatic heterocycles. The Morgan fingerprint density at radius 2 is 1.85 bits per heavy atom. The number of benzene rings is 2. The van der Waals surface area contributed by atoms with Crippen molar-refractivity contribution in [3.63, 3.8) is 0 Å². The Morgan fingerprint density at radius 3 is 2.50 bits per heavy atom. The highest BCUT2D eigenvalue weighted by Crippen LogP contribution is 2.29. The average molecular weight is 366 g/mol. The summed E-state index contributed by atoms with van der Waals surface area (Å²) in [6.07, 6.45) is -2.29. The van der Waals surface area contributed by atoms with Crippen molar-refractivity contribution in [2.45, 2.75) is 20.1 Å². The molecule has 8 heteroatoms. The molecule has 1 N–H and O–H groups in total. The summed E-state index contributed by atoms with van der Waals surface area (Å²) >= 11 is 0. The summed E-state index contributed by atoms with van der Waals surface area (Å²) in [6, 6.07) is 6.70. The van der Waals surface area contributed by atoms with Gasteiger partial charge in [-0.15, -0.1) is 0 Å². The maximum atomic E-state index is 13.9. The molecule has 0 spiro atoms. The third kappa shape index (κ3) is 4.69. The largest absolute Gasteiger partial charge is 0.511 e. The van der Waals surface area contributed by atoms with Crippen molar-refractivity contribution in [3.8, 4) is 16.9 Å². The minimum absolute atomic E-state index is 0.0382. The Bertz CT molecular complexity index is 821. The van der Waals surface area contributed by atoms with Crippen LogP contribution in [0.15, 0.2) is 36.4 Å². The van der Waals surface area contributed by atoms with Crippen molar-refractivity contribution >= 4 is 12.1 Å². The van der Waals surface area contributed by atoms with Crippen LogP contribution >= 0.6 is 0 Å². The van der Waals surface area contributed by atoms with Gasteiger partial charge in [0.05, 0.1) is 6.61 Å². The standard InChI is InChI=1S/C18H16F2O6/c1-3-24-18(23)26-10(2)25-17(22)14-8-11(4-7-16(14)21)13-6-5-12(19)9-15(13)20/h4-10,21H,3H2,1-2H3. The number of phenols is 1. The number of hydrogen-bond donors (Lipinski definition) is 1. The minimum atomic E-state index is -1.27. The Labute approximate surface area is 147 Å². The molecular weight excluding hydrogens is 350 g/mol. The van der Waals surface area contributed by atoms with Gasteiger partial charge < -0.3 is 19.3 Å². The first-order valence-corrected chi connectivity index (χ1v) is 7.64. The van der Waals surface area contributed by atoms with Gasteiger partial charge in [0.2, 0.25) is 6.29 Å². The number of hydrogen-bond acceptors (Lipinski definition) is 6. The van der Waals surface area contributed by atoms with E-state index in [9.17, 15) is 23.5 Å². The first-order valence-electron chi connectivity index (χ1n) is 7.64. The van der Waals surface area contributed by atoms with E-state index in [2.05, 4.69) is 9.47 Å². The van der Waals surface area contributed by atoms with Crippen LogP contribution in [0.1, 0.15) is 24.2 Å². The molecule has 0 aliphatic carbocycles. The second kappa shape index (κ2) is 8.28. The molecule has 1 atom stereocenters. The van der Waals surface area contributed by atoms with Crippen LogP contribution in [-0.4, -0.2) is 30.1 Å². The smallest absolute Gasteiger partial charge is 0.507 e. The van der Waals surface area contributed by atoms with Crippen molar-refractivity contribution in [2.75, 3.05) is 6.61 Å². The molecule has 2 aromatic rings. The average Bonchev–Trinajstić information content (AvgIpc) is 2.55. The highest BCUT2D eigenvalue weighted by molar-refractivity contribution is 5.94. The molecule has 2 rings (SSSR count). The molecule has 138 valence electrons. The van der Waals surface area contributed by atoms with E-state index in [1.807, 2.05) is 0 Å². The van der Waals surface area contributed by atoms with E-state index in [0.717, 1.165) is 6.07 Å². The number of esters is 1. The zero-order valence-corrected chi connectivity index (χ0v) is 14.0. The lowest BCUT2D eigenvalue weighted by Gasteiger charge is -2.14. The van der Waals surface area contributed by atoms with Crippen molar-refractivity contribution in [2.24, 2.45) is 0 Å². The maximum absolute atomic E-state index is 13.9. The molecule has 0 amide bonds. The summed E-state index contributed by atoms with van der Waals surface area (Å²) < 4.78 is 41.1. The van der Waals surface area contributed by atoms with Crippen LogP contribution in [0, 0.1) is 11.6 Å². The van der Waals surface area contributed by atoms with Gasteiger partial charge in [-0.3, -0.25) is 0 Å². The van der Waals surface area contributed by atoms with Crippen molar-refractivity contribution in [1.29, 1.82) is 0 Å². The molecule has 0 fully saturated rings. The summed E-state index contributed by atoms with van der Waals surface area (Å²) in [7, 11) is 0. The summed E-state index contributed by atoms with van der Waals surface area (Å²) in [5.74, 6) is -2.98. The quantitative estimate of drug-likeness (QED) is 0.636. The third-order valence-corrected chi connectivity index (χ3v) is 3.26. The fraction of sp³-hybridized carbons (Fsp3) is 0.222. The Hall–Kier alpha value is -3.16. The second-order valence-electron chi connectivity index (χ2n) is 5.13. The molecule has 0 saturated carbocycles. The number of ether oxygens (including phenoxy) is 3. The van der Waals surface area contributed by atoms with E-state index < -0.39 is 35.8 Å². The van der Waals surface area contributed by atoms with Crippen LogP contribution in [0.25, 0.3) is 11.1 Å². The number of phenolic OH excluding ortho intramolecular Hbond substituents is 1. The van der Waals surface area contributed by atoms with Gasteiger partial charge >= 0.3 is 12.1 Å². The summed E-state index contributed by atoms with van der Waals surface area (Å²) in [5, 5.41) is 9.86. The molecule has 0 aliphatic rings. The summed E-state index contributed by atoms with van der Waals surface area (Å²) in [5.41, 5.74) is -0.00646. The van der Waals surface area contributed by atoms with E-state index in [1.165, 1.54) is 31.2 Å². The van der Waals surface area contributed by atoms with Gasteiger partial charge in [0.25, 0.3) is 0 Å². The van der Waals surface area contributed by atoms with Gasteiger partial charge in [0.15, 0.2) is 0 Å². The van der Waals surface area contributed by atoms with Crippen LogP contribution < -0.4 is 0 Å². The van der Waals surface area contributed by atoms with Crippen LogP contribution in [0.5, 0.6) is 5.75 Å². The first-order chi connectivity index (χ1) is 12.3. The Kier molecular flexibility index (Phi) is 6.11. The minimum Gasteiger partial charge on any atom is -0.507 e. The third-order valence-electron chi connectivity index (χ3n) is 3.26. The van der Waals surface area contributed by atoms with Crippen LogP contribution in [-0.2, 0) is 14.2 Å². The van der Waals surface area contributed by atoms with Crippen molar-refractivity contribution < 1.29 is 37.7 Å². The van der Waals surface area contributed by atoms with E-state index in [1.54, 1.807) is 6.92 Å². The molecule has 6 nitrogen and oxygen atoms in total. The topological polar surface area (TPSA) is 82.1 Å². The van der Waals surface area contributed by atoms with Gasteiger partial charge in [-0.25, -0.2) is 18.4 Å². The molecule has 0 bridgehead atoms. The van der Waals surface area contributed by atoms with E-state index in [-0.39, 0.29) is 23.3 Å². The number of rotatable bonds is 5. The second-order valence-corrected chi connectivity index (χ2v) is 5.13. The van der Waals surface area contributed by atoms with Gasteiger partial charge in [0.1, 0.15) is 22.9 Å². The number of halogens is 2. The molecule has 26 heavy (non-hydrogen) atoms. The van der Waals surface area contributed by atoms with Gasteiger partial charge in [-0.1, -0.05) is 6.07 Å². The van der Waals surface area contributed by atoms with Crippen LogP contribution in [0.3, 0.4) is 0 Å². The lowest BCUT2D eigenvalue weighted by atomic mass is 10.0. The molecular formula is C18H16F2O6. The van der Waals surface area contributed by atoms with E-state index >= 15 is 0 Å². The molecule has 0 saturated heterocycles. The number of aromatic hydroxyl groups is 1. The fourth-order valence-corrected chi connectivity index (χ4v) is 2.12. The molecule has 0 heterocycles.